The molecule has 0 fully saturated rings. The lowest BCUT2D eigenvalue weighted by molar-refractivity contribution is -0.141. The van der Waals surface area contributed by atoms with Crippen molar-refractivity contribution in [2.24, 2.45) is 0 Å². The van der Waals surface area contributed by atoms with Crippen LogP contribution in [0.2, 0.25) is 0 Å². The minimum Gasteiger partial charge on any atom is -0.480 e. The molecular formula is C9H18N2O4S. The normalized spacial score (nSPS) is 13.9. The number of hydrogen-bond donors (Lipinski definition) is 2. The average Bonchev–Trinajstić information content (AvgIpc) is 2.21. The standard InChI is InChI=1S/C9H18N2O4S/c1-7(8(12)13)11(2)9(14)10-5-4-6-16(3)15/h7H,4-6H2,1-3H3,(H,10,14)(H,12,13). The first-order valence-corrected chi connectivity index (χ1v) is 6.62. The number of aliphatic carboxylic acids is 1. The van der Waals surface area contributed by atoms with Crippen molar-refractivity contribution in [1.29, 1.82) is 0 Å². The van der Waals surface area contributed by atoms with E-state index in [1.54, 1.807) is 6.26 Å². The molecule has 0 saturated heterocycles. The van der Waals surface area contributed by atoms with Crippen LogP contribution in [0.5, 0.6) is 0 Å². The summed E-state index contributed by atoms with van der Waals surface area (Å²) >= 11 is 0. The first kappa shape index (κ1) is 14.9. The molecule has 7 heteroatoms. The van der Waals surface area contributed by atoms with E-state index >= 15 is 0 Å². The van der Waals surface area contributed by atoms with Gasteiger partial charge in [-0.15, -0.1) is 0 Å². The number of urea groups is 1. The van der Waals surface area contributed by atoms with Gasteiger partial charge in [-0.2, -0.15) is 0 Å². The van der Waals surface area contributed by atoms with Gasteiger partial charge in [0, 0.05) is 36.4 Å². The molecule has 94 valence electrons. The molecule has 16 heavy (non-hydrogen) atoms. The van der Waals surface area contributed by atoms with Crippen LogP contribution in [0.3, 0.4) is 0 Å². The Morgan fingerprint density at radius 2 is 2.06 bits per heavy atom. The Kier molecular flexibility index (Phi) is 6.71. The summed E-state index contributed by atoms with van der Waals surface area (Å²) in [6.07, 6.45) is 2.21. The minimum absolute atomic E-state index is 0.398. The SMILES string of the molecule is CC(C(=O)O)N(C)C(=O)NCCCS(C)=O. The Morgan fingerprint density at radius 1 is 1.50 bits per heavy atom. The highest BCUT2D eigenvalue weighted by molar-refractivity contribution is 7.84. The second-order valence-electron chi connectivity index (χ2n) is 3.49. The van der Waals surface area contributed by atoms with Crippen molar-refractivity contribution < 1.29 is 18.9 Å². The number of amides is 2. The van der Waals surface area contributed by atoms with Gasteiger partial charge in [-0.1, -0.05) is 0 Å². The van der Waals surface area contributed by atoms with Gasteiger partial charge in [0.1, 0.15) is 6.04 Å². The Morgan fingerprint density at radius 3 is 2.50 bits per heavy atom. The van der Waals surface area contributed by atoms with E-state index in [1.165, 1.54) is 14.0 Å². The van der Waals surface area contributed by atoms with Crippen molar-refractivity contribution in [2.45, 2.75) is 19.4 Å². The summed E-state index contributed by atoms with van der Waals surface area (Å²) < 4.78 is 10.7. The monoisotopic (exact) mass is 250 g/mol. The number of nitrogens with zero attached hydrogens (tertiary/aromatic N) is 1. The van der Waals surface area contributed by atoms with Crippen molar-refractivity contribution in [1.82, 2.24) is 10.2 Å². The summed E-state index contributed by atoms with van der Waals surface area (Å²) in [6, 6.07) is -1.29. The van der Waals surface area contributed by atoms with Gasteiger partial charge in [-0.25, -0.2) is 9.59 Å². The molecule has 0 aliphatic rings. The molecule has 0 rings (SSSR count). The smallest absolute Gasteiger partial charge is 0.326 e. The zero-order valence-corrected chi connectivity index (χ0v) is 10.5. The Bertz CT molecular complexity index is 283. The van der Waals surface area contributed by atoms with Gasteiger partial charge < -0.3 is 15.3 Å². The molecule has 0 aromatic rings. The fraction of sp³-hybridized carbons (Fsp3) is 0.778. The quantitative estimate of drug-likeness (QED) is 0.643. The fourth-order valence-electron chi connectivity index (χ4n) is 0.937. The zero-order valence-electron chi connectivity index (χ0n) is 9.73. The first-order chi connectivity index (χ1) is 7.36. The molecule has 6 nitrogen and oxygen atoms in total. The Hall–Kier alpha value is -1.11. The number of likely N-dealkylation sites (N-methyl/N-ethyl adjacent to an activating group) is 1. The van der Waals surface area contributed by atoms with Crippen molar-refractivity contribution in [3.8, 4) is 0 Å². The van der Waals surface area contributed by atoms with Gasteiger partial charge in [0.05, 0.1) is 0 Å². The van der Waals surface area contributed by atoms with Crippen LogP contribution >= 0.6 is 0 Å². The van der Waals surface area contributed by atoms with Gasteiger partial charge >= 0.3 is 12.0 Å². The van der Waals surface area contributed by atoms with E-state index in [0.717, 1.165) is 4.90 Å². The Labute approximate surface area is 97.5 Å². The predicted octanol–water partition coefficient (Wildman–Crippen LogP) is -0.130. The lowest BCUT2D eigenvalue weighted by Crippen LogP contribution is -2.46. The molecule has 2 N–H and O–H groups in total. The largest absolute Gasteiger partial charge is 0.480 e. The molecule has 2 amide bonds. The van der Waals surface area contributed by atoms with Crippen LogP contribution in [-0.4, -0.2) is 57.9 Å². The summed E-state index contributed by atoms with van der Waals surface area (Å²) in [5.41, 5.74) is 0. The summed E-state index contributed by atoms with van der Waals surface area (Å²) in [4.78, 5) is 23.1. The topological polar surface area (TPSA) is 86.7 Å². The van der Waals surface area contributed by atoms with Crippen LogP contribution in [-0.2, 0) is 15.6 Å². The highest BCUT2D eigenvalue weighted by Gasteiger charge is 2.20. The minimum atomic E-state index is -1.05. The third kappa shape index (κ3) is 5.69. The van der Waals surface area contributed by atoms with Crippen LogP contribution in [0.1, 0.15) is 13.3 Å². The molecule has 0 spiro atoms. The van der Waals surface area contributed by atoms with E-state index in [4.69, 9.17) is 5.11 Å². The van der Waals surface area contributed by atoms with Gasteiger partial charge in [0.2, 0.25) is 0 Å². The molecule has 0 heterocycles. The number of nitrogens with one attached hydrogen (secondary N) is 1. The van der Waals surface area contributed by atoms with E-state index in [2.05, 4.69) is 5.32 Å². The molecule has 2 unspecified atom stereocenters. The molecule has 0 radical (unpaired) electrons. The maximum Gasteiger partial charge on any atom is 0.326 e. The summed E-state index contributed by atoms with van der Waals surface area (Å²) in [5, 5.41) is 11.2. The van der Waals surface area contributed by atoms with E-state index in [9.17, 15) is 13.8 Å². The third-order valence-electron chi connectivity index (χ3n) is 2.14. The van der Waals surface area contributed by atoms with Crippen molar-refractivity contribution in [3.05, 3.63) is 0 Å². The molecule has 0 aliphatic carbocycles. The van der Waals surface area contributed by atoms with Crippen LogP contribution in [0.15, 0.2) is 0 Å². The highest BCUT2D eigenvalue weighted by Crippen LogP contribution is 1.96. The Balaban J connectivity index is 3.88. The number of rotatable bonds is 6. The number of carbonyl (C=O) groups is 2. The van der Waals surface area contributed by atoms with Gasteiger partial charge in [0.25, 0.3) is 0 Å². The number of carbonyl (C=O) groups excluding carboxylic acids is 1. The maximum atomic E-state index is 11.4. The molecule has 0 bridgehead atoms. The first-order valence-electron chi connectivity index (χ1n) is 4.89. The molecule has 0 aromatic heterocycles. The van der Waals surface area contributed by atoms with Gasteiger partial charge in [0.15, 0.2) is 0 Å². The summed E-state index contributed by atoms with van der Waals surface area (Å²) in [5.74, 6) is -0.523. The second kappa shape index (κ2) is 7.21. The van der Waals surface area contributed by atoms with E-state index in [0.29, 0.717) is 18.7 Å². The number of hydrogen-bond acceptors (Lipinski definition) is 3. The van der Waals surface area contributed by atoms with Crippen molar-refractivity contribution in [3.63, 3.8) is 0 Å². The lowest BCUT2D eigenvalue weighted by Gasteiger charge is -2.21. The predicted molar refractivity (Wildman–Crippen MR) is 61.8 cm³/mol. The molecule has 2 atom stereocenters. The van der Waals surface area contributed by atoms with Crippen LogP contribution in [0.25, 0.3) is 0 Å². The van der Waals surface area contributed by atoms with Crippen molar-refractivity contribution in [2.75, 3.05) is 25.6 Å². The highest BCUT2D eigenvalue weighted by atomic mass is 32.2. The van der Waals surface area contributed by atoms with Crippen LogP contribution in [0.4, 0.5) is 4.79 Å². The number of carboxylic acid groups (broad SMARTS) is 1. The second-order valence-corrected chi connectivity index (χ2v) is 5.04. The van der Waals surface area contributed by atoms with E-state index in [-0.39, 0.29) is 0 Å². The maximum absolute atomic E-state index is 11.4. The van der Waals surface area contributed by atoms with Crippen LogP contribution < -0.4 is 5.32 Å². The molecule has 0 aromatic carbocycles. The average molecular weight is 250 g/mol. The molecule has 0 saturated carbocycles. The van der Waals surface area contributed by atoms with Crippen molar-refractivity contribution >= 4 is 22.8 Å². The summed E-state index contributed by atoms with van der Waals surface area (Å²) in [7, 11) is 0.557. The summed E-state index contributed by atoms with van der Waals surface area (Å²) in [6.45, 7) is 1.83. The van der Waals surface area contributed by atoms with E-state index in [1.807, 2.05) is 0 Å². The lowest BCUT2D eigenvalue weighted by atomic mass is 10.3. The van der Waals surface area contributed by atoms with Crippen LogP contribution in [0, 0.1) is 0 Å². The molecular weight excluding hydrogens is 232 g/mol. The third-order valence-corrected chi connectivity index (χ3v) is 3.01. The molecule has 0 aliphatic heterocycles. The van der Waals surface area contributed by atoms with Gasteiger partial charge in [-0.05, 0) is 13.3 Å². The fourth-order valence-corrected chi connectivity index (χ4v) is 1.49. The van der Waals surface area contributed by atoms with Gasteiger partial charge in [-0.3, -0.25) is 4.21 Å². The zero-order chi connectivity index (χ0) is 12.7. The van der Waals surface area contributed by atoms with E-state index < -0.39 is 28.8 Å². The number of carboxylic acids is 1.